The monoisotopic (exact) mass is 454 g/mol. The molecule has 1 aliphatic heterocycles. The molecule has 33 heavy (non-hydrogen) atoms. The van der Waals surface area contributed by atoms with Gasteiger partial charge in [0.05, 0.1) is 5.41 Å². The molecule has 0 unspecified atom stereocenters. The first kappa shape index (κ1) is 22.6. The fraction of sp³-hybridized carbons (Fsp3) is 0.933. The van der Waals surface area contributed by atoms with Crippen molar-refractivity contribution in [3.05, 3.63) is 0 Å². The van der Waals surface area contributed by atoms with Crippen molar-refractivity contribution in [2.75, 3.05) is 0 Å². The van der Waals surface area contributed by atoms with E-state index in [9.17, 15) is 9.59 Å². The van der Waals surface area contributed by atoms with Crippen LogP contribution in [0, 0.1) is 56.2 Å². The summed E-state index contributed by atoms with van der Waals surface area (Å²) in [6.07, 6.45) is 11.2. The number of rotatable bonds is 0. The van der Waals surface area contributed by atoms with Crippen molar-refractivity contribution in [1.82, 2.24) is 0 Å². The van der Waals surface area contributed by atoms with Crippen LogP contribution >= 0.6 is 0 Å². The summed E-state index contributed by atoms with van der Waals surface area (Å²) in [5.41, 5.74) is 0.494. The number of esters is 1. The van der Waals surface area contributed by atoms with E-state index in [1.54, 1.807) is 0 Å². The summed E-state index contributed by atoms with van der Waals surface area (Å²) >= 11 is 0. The van der Waals surface area contributed by atoms with Crippen LogP contribution < -0.4 is 0 Å². The zero-order valence-electron chi connectivity index (χ0n) is 22.2. The molecule has 2 bridgehead atoms. The molecule has 0 aromatic heterocycles. The van der Waals surface area contributed by atoms with E-state index in [1.807, 2.05) is 0 Å². The molecule has 1 saturated heterocycles. The molecule has 5 saturated carbocycles. The molecule has 0 spiro atoms. The van der Waals surface area contributed by atoms with E-state index in [0.29, 0.717) is 29.5 Å². The number of Topliss-reactive ketones (excluding diaryl/α,β-unsaturated/α-hetero) is 1. The second-order valence-electron chi connectivity index (χ2n) is 15.3. The van der Waals surface area contributed by atoms with Crippen LogP contribution in [0.1, 0.15) is 113 Å². The summed E-state index contributed by atoms with van der Waals surface area (Å²) in [6.45, 7) is 17.0. The maximum Gasteiger partial charge on any atom is 0.312 e. The molecule has 0 amide bonds. The molecule has 0 aromatic rings. The Morgan fingerprint density at radius 3 is 2.15 bits per heavy atom. The van der Waals surface area contributed by atoms with Crippen LogP contribution in [-0.4, -0.2) is 17.9 Å². The number of hydrogen-bond acceptors (Lipinski definition) is 3. The van der Waals surface area contributed by atoms with Gasteiger partial charge in [0.1, 0.15) is 11.9 Å². The van der Waals surface area contributed by atoms with Crippen LogP contribution in [0.15, 0.2) is 0 Å². The third-order valence-corrected chi connectivity index (χ3v) is 13.8. The summed E-state index contributed by atoms with van der Waals surface area (Å²) in [7, 11) is 0. The zero-order valence-corrected chi connectivity index (χ0v) is 22.2. The third-order valence-electron chi connectivity index (χ3n) is 13.8. The Morgan fingerprint density at radius 2 is 1.42 bits per heavy atom. The van der Waals surface area contributed by atoms with Crippen molar-refractivity contribution in [1.29, 1.82) is 0 Å². The van der Waals surface area contributed by atoms with Crippen LogP contribution in [-0.2, 0) is 14.3 Å². The lowest BCUT2D eigenvalue weighted by molar-refractivity contribution is -0.239. The van der Waals surface area contributed by atoms with E-state index in [4.69, 9.17) is 4.74 Å². The highest BCUT2D eigenvalue weighted by Crippen LogP contribution is 2.77. The van der Waals surface area contributed by atoms with Gasteiger partial charge in [-0.1, -0.05) is 48.5 Å². The maximum atomic E-state index is 13.3. The highest BCUT2D eigenvalue weighted by atomic mass is 16.6. The van der Waals surface area contributed by atoms with E-state index in [1.165, 1.54) is 32.1 Å². The normalized spacial score (nSPS) is 56.2. The van der Waals surface area contributed by atoms with E-state index >= 15 is 0 Å². The molecule has 6 aliphatic rings. The Hall–Kier alpha value is -0.860. The van der Waals surface area contributed by atoms with E-state index < -0.39 is 0 Å². The number of carbonyl (C=O) groups excluding carboxylic acids is 2. The first-order valence-corrected chi connectivity index (χ1v) is 14.0. The fourth-order valence-electron chi connectivity index (χ4n) is 11.6. The average molecular weight is 455 g/mol. The van der Waals surface area contributed by atoms with Crippen molar-refractivity contribution >= 4 is 11.8 Å². The molecule has 184 valence electrons. The summed E-state index contributed by atoms with van der Waals surface area (Å²) in [5.74, 6) is 2.80. The van der Waals surface area contributed by atoms with Gasteiger partial charge in [-0.2, -0.15) is 0 Å². The minimum atomic E-state index is -0.200. The van der Waals surface area contributed by atoms with Gasteiger partial charge in [0, 0.05) is 23.2 Å². The number of carbonyl (C=O) groups is 2. The first-order valence-electron chi connectivity index (χ1n) is 14.0. The summed E-state index contributed by atoms with van der Waals surface area (Å²) < 4.78 is 6.27. The number of ketones is 1. The quantitative estimate of drug-likeness (QED) is 0.371. The Morgan fingerprint density at radius 1 is 0.727 bits per heavy atom. The highest BCUT2D eigenvalue weighted by Gasteiger charge is 2.75. The molecular formula is C30H46O3. The molecule has 9 atom stereocenters. The molecule has 6 fully saturated rings. The predicted molar refractivity (Wildman–Crippen MR) is 129 cm³/mol. The average Bonchev–Trinajstić information content (AvgIpc) is 2.99. The van der Waals surface area contributed by atoms with E-state index in [0.717, 1.165) is 32.1 Å². The smallest absolute Gasteiger partial charge is 0.312 e. The Kier molecular flexibility index (Phi) is 4.30. The third kappa shape index (κ3) is 2.39. The van der Waals surface area contributed by atoms with Gasteiger partial charge in [0.2, 0.25) is 0 Å². The van der Waals surface area contributed by atoms with Crippen LogP contribution in [0.5, 0.6) is 0 Å². The molecule has 0 aromatic carbocycles. The van der Waals surface area contributed by atoms with Crippen molar-refractivity contribution in [3.63, 3.8) is 0 Å². The maximum absolute atomic E-state index is 13.3. The Labute approximate surface area is 201 Å². The molecule has 0 radical (unpaired) electrons. The lowest BCUT2D eigenvalue weighted by atomic mass is 9.31. The largest absolute Gasteiger partial charge is 0.461 e. The van der Waals surface area contributed by atoms with Crippen LogP contribution in [0.25, 0.3) is 0 Å². The van der Waals surface area contributed by atoms with Crippen LogP contribution in [0.3, 0.4) is 0 Å². The minimum absolute atomic E-state index is 0.0910. The van der Waals surface area contributed by atoms with E-state index in [-0.39, 0.29) is 44.6 Å². The van der Waals surface area contributed by atoms with Gasteiger partial charge in [0.15, 0.2) is 0 Å². The van der Waals surface area contributed by atoms with Gasteiger partial charge >= 0.3 is 5.97 Å². The Balaban J connectivity index is 1.42. The van der Waals surface area contributed by atoms with Crippen molar-refractivity contribution < 1.29 is 14.3 Å². The fourth-order valence-corrected chi connectivity index (χ4v) is 11.6. The van der Waals surface area contributed by atoms with Gasteiger partial charge in [-0.25, -0.2) is 0 Å². The summed E-state index contributed by atoms with van der Waals surface area (Å²) in [6, 6.07) is 0. The molecule has 0 N–H and O–H groups in total. The highest BCUT2D eigenvalue weighted by molar-refractivity contribution is 5.85. The zero-order chi connectivity index (χ0) is 23.8. The topological polar surface area (TPSA) is 43.4 Å². The lowest BCUT2D eigenvalue weighted by Gasteiger charge is -2.72. The Bertz CT molecular complexity index is 918. The van der Waals surface area contributed by atoms with Crippen molar-refractivity contribution in [2.45, 2.75) is 119 Å². The van der Waals surface area contributed by atoms with Gasteiger partial charge in [0.25, 0.3) is 0 Å². The molecule has 6 rings (SSSR count). The number of hydrogen-bond donors (Lipinski definition) is 0. The molecule has 3 heteroatoms. The molecule has 5 aliphatic carbocycles. The second kappa shape index (κ2) is 6.28. The van der Waals surface area contributed by atoms with Crippen LogP contribution in [0.4, 0.5) is 0 Å². The van der Waals surface area contributed by atoms with Crippen molar-refractivity contribution in [3.8, 4) is 0 Å². The van der Waals surface area contributed by atoms with E-state index in [2.05, 4.69) is 48.5 Å². The predicted octanol–water partition coefficient (Wildman–Crippen LogP) is 6.97. The SMILES string of the molecule is CC1(C)CC[C@@]23CC[C@]4(C)[C@H](CC[C@@H]5[C@]6(C)CCC(=O)C(C)(C)[C@@H]6CC[C@@]54C)[C@H]2[C@H]1OC3=O. The van der Waals surface area contributed by atoms with Gasteiger partial charge in [-0.05, 0) is 91.8 Å². The lowest BCUT2D eigenvalue weighted by Crippen LogP contribution is -2.67. The van der Waals surface area contributed by atoms with Gasteiger partial charge in [-0.3, -0.25) is 9.59 Å². The molecular weight excluding hydrogens is 408 g/mol. The number of fused-ring (bicyclic) bond motifs is 5. The standard InChI is InChI=1S/C30H46O3/c1-25(2)14-16-30-17-15-28(6)18(22(30)23(25)33-24(30)32)8-9-20-27(5)12-11-21(31)26(3,4)19(27)10-13-29(20,28)7/h18-20,22-23H,8-17H2,1-7H3/t18-,19+,20-,22+,23-,27-,28-,29+,30-/m1/s1. The van der Waals surface area contributed by atoms with Crippen LogP contribution in [0.2, 0.25) is 0 Å². The minimum Gasteiger partial charge on any atom is -0.461 e. The molecule has 3 nitrogen and oxygen atoms in total. The van der Waals surface area contributed by atoms with Gasteiger partial charge < -0.3 is 4.74 Å². The molecule has 1 heterocycles. The summed E-state index contributed by atoms with van der Waals surface area (Å²) in [5, 5.41) is 0. The van der Waals surface area contributed by atoms with Crippen molar-refractivity contribution in [2.24, 2.45) is 56.2 Å². The second-order valence-corrected chi connectivity index (χ2v) is 15.3. The van der Waals surface area contributed by atoms with Gasteiger partial charge in [-0.15, -0.1) is 0 Å². The summed E-state index contributed by atoms with van der Waals surface area (Å²) in [4.78, 5) is 26.3. The first-order chi connectivity index (χ1) is 15.2. The number of ether oxygens (including phenoxy) is 1.